The van der Waals surface area contributed by atoms with E-state index in [1.807, 2.05) is 32.2 Å². The van der Waals surface area contributed by atoms with Crippen molar-refractivity contribution in [3.05, 3.63) is 45.9 Å². The second kappa shape index (κ2) is 11.9. The maximum absolute atomic E-state index is 5.57. The molecule has 0 spiro atoms. The van der Waals surface area contributed by atoms with E-state index >= 15 is 0 Å². The summed E-state index contributed by atoms with van der Waals surface area (Å²) in [6.07, 6.45) is 0.0117. The predicted octanol–water partition coefficient (Wildman–Crippen LogP) is 3.56. The molecule has 0 bridgehead atoms. The second-order valence-corrected chi connectivity index (χ2v) is 8.22. The van der Waals surface area contributed by atoms with Gasteiger partial charge in [-0.2, -0.15) is 0 Å². The van der Waals surface area contributed by atoms with Crippen LogP contribution in [0.2, 0.25) is 0 Å². The summed E-state index contributed by atoms with van der Waals surface area (Å²) in [5.41, 5.74) is 2.14. The van der Waals surface area contributed by atoms with Gasteiger partial charge in [-0.05, 0) is 34.0 Å². The number of hydrogen-bond acceptors (Lipinski definition) is 6. The fraction of sp³-hybridized carbons (Fsp3) is 0.545. The second-order valence-electron chi connectivity index (χ2n) is 7.33. The zero-order valence-corrected chi connectivity index (χ0v) is 20.0. The lowest BCUT2D eigenvalue weighted by atomic mass is 10.0. The van der Waals surface area contributed by atoms with Crippen LogP contribution < -0.4 is 10.1 Å². The van der Waals surface area contributed by atoms with Crippen molar-refractivity contribution in [3.63, 3.8) is 0 Å². The van der Waals surface area contributed by atoms with Crippen molar-refractivity contribution in [2.45, 2.75) is 32.5 Å². The number of aromatic nitrogens is 1. The number of likely N-dealkylation sites (N-methyl/N-ethyl adjacent to an activating group) is 1. The monoisotopic (exact) mass is 433 g/mol. The van der Waals surface area contributed by atoms with Crippen molar-refractivity contribution in [1.29, 1.82) is 0 Å². The Morgan fingerprint density at radius 2 is 1.97 bits per heavy atom. The molecule has 1 aromatic carbocycles. The molecule has 2 aromatic rings. The van der Waals surface area contributed by atoms with Crippen LogP contribution in [0.4, 0.5) is 0 Å². The van der Waals surface area contributed by atoms with Crippen LogP contribution in [-0.4, -0.2) is 69.2 Å². The van der Waals surface area contributed by atoms with Crippen LogP contribution in [-0.2, 0) is 11.3 Å². The van der Waals surface area contributed by atoms with Gasteiger partial charge in [0.1, 0.15) is 16.9 Å². The number of methoxy groups -OCH3 is 2. The highest BCUT2D eigenvalue weighted by Gasteiger charge is 2.19. The van der Waals surface area contributed by atoms with E-state index in [9.17, 15) is 0 Å². The Morgan fingerprint density at radius 1 is 1.23 bits per heavy atom. The molecule has 166 valence electrons. The van der Waals surface area contributed by atoms with Gasteiger partial charge >= 0.3 is 0 Å². The van der Waals surface area contributed by atoms with Crippen molar-refractivity contribution in [1.82, 2.24) is 20.1 Å². The molecule has 0 aliphatic heterocycles. The standard InChI is InChI=1S/C22H35N5O2S/c1-8-23-22(27(5)14-17-15-30-21(25-17)16(2)28-6)24-13-19(26(3)4)18-11-9-10-12-20(18)29-7/h9-12,15-16,19H,8,13-14H2,1-7H3,(H,23,24). The van der Waals surface area contributed by atoms with E-state index in [2.05, 4.69) is 47.6 Å². The number of rotatable bonds is 10. The third-order valence-corrected chi connectivity index (χ3v) is 5.96. The van der Waals surface area contributed by atoms with E-state index in [0.29, 0.717) is 13.1 Å². The minimum Gasteiger partial charge on any atom is -0.496 e. The summed E-state index contributed by atoms with van der Waals surface area (Å²) in [6, 6.07) is 8.23. The molecule has 1 aromatic heterocycles. The molecule has 0 saturated heterocycles. The molecule has 0 radical (unpaired) electrons. The highest BCUT2D eigenvalue weighted by atomic mass is 32.1. The van der Waals surface area contributed by atoms with Crippen molar-refractivity contribution in [2.24, 2.45) is 4.99 Å². The average molecular weight is 434 g/mol. The first-order valence-corrected chi connectivity index (χ1v) is 11.0. The van der Waals surface area contributed by atoms with Crippen LogP contribution in [0.25, 0.3) is 0 Å². The lowest BCUT2D eigenvalue weighted by molar-refractivity contribution is 0.119. The molecule has 1 N–H and O–H groups in total. The molecule has 8 heteroatoms. The molecule has 1 heterocycles. The normalized spacial score (nSPS) is 13.9. The molecule has 0 saturated carbocycles. The zero-order valence-electron chi connectivity index (χ0n) is 19.2. The molecule has 0 aliphatic rings. The number of para-hydroxylation sites is 1. The van der Waals surface area contributed by atoms with E-state index in [0.717, 1.165) is 34.5 Å². The van der Waals surface area contributed by atoms with Gasteiger partial charge in [0.05, 0.1) is 31.9 Å². The first-order valence-electron chi connectivity index (χ1n) is 10.2. The minimum absolute atomic E-state index is 0.0117. The first kappa shape index (κ1) is 24.1. The van der Waals surface area contributed by atoms with Gasteiger partial charge < -0.3 is 24.6 Å². The van der Waals surface area contributed by atoms with Crippen molar-refractivity contribution in [3.8, 4) is 5.75 Å². The largest absolute Gasteiger partial charge is 0.496 e. The van der Waals surface area contributed by atoms with Crippen LogP contribution >= 0.6 is 11.3 Å². The van der Waals surface area contributed by atoms with E-state index in [-0.39, 0.29) is 12.1 Å². The summed E-state index contributed by atoms with van der Waals surface area (Å²) < 4.78 is 10.9. The van der Waals surface area contributed by atoms with Gasteiger partial charge in [0.25, 0.3) is 0 Å². The summed E-state index contributed by atoms with van der Waals surface area (Å²) >= 11 is 1.63. The van der Waals surface area contributed by atoms with Crippen molar-refractivity contribution < 1.29 is 9.47 Å². The molecule has 7 nitrogen and oxygen atoms in total. The predicted molar refractivity (Wildman–Crippen MR) is 124 cm³/mol. The highest BCUT2D eigenvalue weighted by molar-refractivity contribution is 7.09. The Labute approximate surface area is 184 Å². The van der Waals surface area contributed by atoms with Crippen LogP contribution in [0.5, 0.6) is 5.75 Å². The minimum atomic E-state index is 0.0117. The molecular weight excluding hydrogens is 398 g/mol. The number of guanidine groups is 1. The zero-order chi connectivity index (χ0) is 22.1. The molecule has 2 atom stereocenters. The lowest BCUT2D eigenvalue weighted by Crippen LogP contribution is -2.39. The quantitative estimate of drug-likeness (QED) is 0.457. The smallest absolute Gasteiger partial charge is 0.194 e. The van der Waals surface area contributed by atoms with Crippen LogP contribution in [0, 0.1) is 0 Å². The van der Waals surface area contributed by atoms with Gasteiger partial charge in [-0.1, -0.05) is 18.2 Å². The molecule has 0 fully saturated rings. The first-order chi connectivity index (χ1) is 14.4. The Balaban J connectivity index is 2.17. The van der Waals surface area contributed by atoms with Gasteiger partial charge in [-0.3, -0.25) is 4.99 Å². The van der Waals surface area contributed by atoms with Crippen molar-refractivity contribution in [2.75, 3.05) is 48.5 Å². The summed E-state index contributed by atoms with van der Waals surface area (Å²) in [5, 5.41) is 6.47. The summed E-state index contributed by atoms with van der Waals surface area (Å²) in [7, 11) is 9.58. The SMILES string of the molecule is CCNC(=NCC(c1ccccc1OC)N(C)C)N(C)Cc1csc(C(C)OC)n1. The number of benzene rings is 1. The van der Waals surface area contributed by atoms with Gasteiger partial charge in [-0.25, -0.2) is 4.98 Å². The van der Waals surface area contributed by atoms with Gasteiger partial charge in [-0.15, -0.1) is 11.3 Å². The van der Waals surface area contributed by atoms with E-state index < -0.39 is 0 Å². The maximum Gasteiger partial charge on any atom is 0.194 e. The number of thiazole rings is 1. The number of nitrogens with one attached hydrogen (secondary N) is 1. The fourth-order valence-corrected chi connectivity index (χ4v) is 3.97. The number of ether oxygens (including phenoxy) is 2. The van der Waals surface area contributed by atoms with Gasteiger partial charge in [0, 0.05) is 31.6 Å². The molecule has 0 aliphatic carbocycles. The summed E-state index contributed by atoms with van der Waals surface area (Å²) in [4.78, 5) is 13.9. The van der Waals surface area contributed by atoms with Crippen molar-refractivity contribution >= 4 is 17.3 Å². The number of aliphatic imine (C=N–C) groups is 1. The average Bonchev–Trinajstić information content (AvgIpc) is 3.21. The van der Waals surface area contributed by atoms with E-state index in [1.165, 1.54) is 0 Å². The van der Waals surface area contributed by atoms with Gasteiger partial charge in [0.2, 0.25) is 0 Å². The van der Waals surface area contributed by atoms with Crippen LogP contribution in [0.3, 0.4) is 0 Å². The lowest BCUT2D eigenvalue weighted by Gasteiger charge is -2.26. The van der Waals surface area contributed by atoms with Crippen LogP contribution in [0.1, 0.15) is 42.3 Å². The third-order valence-electron chi connectivity index (χ3n) is 4.90. The molecule has 30 heavy (non-hydrogen) atoms. The maximum atomic E-state index is 5.57. The fourth-order valence-electron chi connectivity index (χ4n) is 3.12. The third kappa shape index (κ3) is 6.42. The van der Waals surface area contributed by atoms with E-state index in [1.54, 1.807) is 25.6 Å². The molecule has 0 amide bonds. The Morgan fingerprint density at radius 3 is 2.60 bits per heavy atom. The Bertz CT molecular complexity index is 808. The topological polar surface area (TPSA) is 62.2 Å². The summed E-state index contributed by atoms with van der Waals surface area (Å²) in [5.74, 6) is 1.74. The van der Waals surface area contributed by atoms with Gasteiger partial charge in [0.15, 0.2) is 5.96 Å². The van der Waals surface area contributed by atoms with Crippen LogP contribution in [0.15, 0.2) is 34.6 Å². The van der Waals surface area contributed by atoms with E-state index in [4.69, 9.17) is 19.5 Å². The Kier molecular flexibility index (Phi) is 9.55. The highest BCUT2D eigenvalue weighted by Crippen LogP contribution is 2.28. The molecule has 2 unspecified atom stereocenters. The molecule has 2 rings (SSSR count). The number of nitrogens with zero attached hydrogens (tertiary/aromatic N) is 4. The summed E-state index contributed by atoms with van der Waals surface area (Å²) in [6.45, 7) is 6.18. The number of hydrogen-bond donors (Lipinski definition) is 1. The Hall–Kier alpha value is -2.16. The molecular formula is C22H35N5O2S.